The molecule has 1 atom stereocenters. The van der Waals surface area contributed by atoms with E-state index in [2.05, 4.69) is 63.2 Å². The fourth-order valence-corrected chi connectivity index (χ4v) is 2.40. The van der Waals surface area contributed by atoms with E-state index in [0.717, 1.165) is 25.9 Å². The number of benzene rings is 1. The predicted octanol–water partition coefficient (Wildman–Crippen LogP) is 4.21. The second-order valence-electron chi connectivity index (χ2n) is 5.50. The van der Waals surface area contributed by atoms with Crippen LogP contribution in [0.15, 0.2) is 47.9 Å². The maximum Gasteiger partial charge on any atom is 0.182 e. The van der Waals surface area contributed by atoms with E-state index in [1.807, 2.05) is 0 Å². The van der Waals surface area contributed by atoms with Gasteiger partial charge in [-0.2, -0.15) is 0 Å². The molecule has 0 amide bonds. The minimum atomic E-state index is 0.224. The average molecular weight is 254 g/mol. The van der Waals surface area contributed by atoms with Gasteiger partial charge in [0.25, 0.3) is 0 Å². The molecule has 0 bridgehead atoms. The summed E-state index contributed by atoms with van der Waals surface area (Å²) in [4.78, 5) is 0. The molecule has 0 fully saturated rings. The summed E-state index contributed by atoms with van der Waals surface area (Å²) < 4.78 is 6.22. The lowest BCUT2D eigenvalue weighted by molar-refractivity contribution is 0.232. The molecular formula is C17H23BO. The predicted molar refractivity (Wildman–Crippen MR) is 84.2 cm³/mol. The molecule has 0 radical (unpaired) electrons. The van der Waals surface area contributed by atoms with Crippen LogP contribution in [0.3, 0.4) is 0 Å². The molecule has 19 heavy (non-hydrogen) atoms. The molecule has 0 aromatic heterocycles. The van der Waals surface area contributed by atoms with Crippen molar-refractivity contribution in [3.63, 3.8) is 0 Å². The van der Waals surface area contributed by atoms with Gasteiger partial charge in [-0.1, -0.05) is 56.9 Å². The molecule has 1 aliphatic heterocycles. The summed E-state index contributed by atoms with van der Waals surface area (Å²) in [5, 5.41) is 0. The van der Waals surface area contributed by atoms with E-state index in [1.54, 1.807) is 0 Å². The van der Waals surface area contributed by atoms with Crippen molar-refractivity contribution in [3.05, 3.63) is 53.4 Å². The molecule has 0 aliphatic carbocycles. The molecule has 2 rings (SSSR count). The Morgan fingerprint density at radius 2 is 2.11 bits per heavy atom. The van der Waals surface area contributed by atoms with Crippen LogP contribution in [0.2, 0.25) is 0 Å². The fourth-order valence-electron chi connectivity index (χ4n) is 2.40. The average Bonchev–Trinajstić information content (AvgIpc) is 2.92. The molecule has 1 aromatic carbocycles. The van der Waals surface area contributed by atoms with E-state index < -0.39 is 0 Å². The first-order valence-corrected chi connectivity index (χ1v) is 7.33. The van der Waals surface area contributed by atoms with E-state index in [1.165, 1.54) is 11.0 Å². The highest BCUT2D eigenvalue weighted by molar-refractivity contribution is 6.52. The minimum absolute atomic E-state index is 0.224. The maximum atomic E-state index is 6.22. The van der Waals surface area contributed by atoms with Gasteiger partial charge in [0, 0.05) is 0 Å². The van der Waals surface area contributed by atoms with Crippen LogP contribution in [0.25, 0.3) is 0 Å². The van der Waals surface area contributed by atoms with E-state index in [-0.39, 0.29) is 6.10 Å². The summed E-state index contributed by atoms with van der Waals surface area (Å²) >= 11 is 0. The molecule has 100 valence electrons. The third-order valence-electron chi connectivity index (χ3n) is 3.57. The molecule has 1 aromatic rings. The van der Waals surface area contributed by atoms with E-state index in [0.29, 0.717) is 5.92 Å². The summed E-state index contributed by atoms with van der Waals surface area (Å²) in [6, 6.07) is 8.51. The zero-order valence-electron chi connectivity index (χ0n) is 12.2. The second kappa shape index (κ2) is 6.65. The van der Waals surface area contributed by atoms with Crippen molar-refractivity contribution >= 4 is 7.28 Å². The topological polar surface area (TPSA) is 9.23 Å². The van der Waals surface area contributed by atoms with E-state index in [9.17, 15) is 0 Å². The van der Waals surface area contributed by atoms with Gasteiger partial charge in [0.1, 0.15) is 11.9 Å². The molecule has 0 N–H and O–H groups in total. The molecule has 1 unspecified atom stereocenters. The normalized spacial score (nSPS) is 15.3. The Bertz CT molecular complexity index is 474. The van der Waals surface area contributed by atoms with Crippen LogP contribution in [0.4, 0.5) is 0 Å². The van der Waals surface area contributed by atoms with Crippen molar-refractivity contribution in [1.82, 2.24) is 0 Å². The highest BCUT2D eigenvalue weighted by atomic mass is 16.5. The second-order valence-corrected chi connectivity index (χ2v) is 5.50. The summed E-state index contributed by atoms with van der Waals surface area (Å²) in [6.07, 6.45) is 6.78. The first-order valence-electron chi connectivity index (χ1n) is 7.33. The van der Waals surface area contributed by atoms with Crippen molar-refractivity contribution in [3.8, 4) is 5.75 Å². The summed E-state index contributed by atoms with van der Waals surface area (Å²) in [5.74, 6) is 3.74. The Morgan fingerprint density at radius 3 is 2.74 bits per heavy atom. The zero-order chi connectivity index (χ0) is 13.7. The molecule has 0 saturated heterocycles. The minimum Gasteiger partial charge on any atom is -0.487 e. The number of allylic oxidation sites excluding steroid dienone is 2. The van der Waals surface area contributed by atoms with Gasteiger partial charge in [0.05, 0.1) is 0 Å². The third-order valence-corrected chi connectivity index (χ3v) is 3.57. The molecule has 1 aliphatic rings. The Labute approximate surface area is 117 Å². The maximum absolute atomic E-state index is 6.22. The Hall–Kier alpha value is -1.44. The lowest BCUT2D eigenvalue weighted by Gasteiger charge is -2.21. The van der Waals surface area contributed by atoms with Crippen molar-refractivity contribution in [2.75, 3.05) is 0 Å². The van der Waals surface area contributed by atoms with E-state index >= 15 is 0 Å². The number of hydrogen-bond donors (Lipinski definition) is 0. The van der Waals surface area contributed by atoms with E-state index in [4.69, 9.17) is 4.74 Å². The Kier molecular flexibility index (Phi) is 4.89. The smallest absolute Gasteiger partial charge is 0.182 e. The van der Waals surface area contributed by atoms with Crippen LogP contribution in [0.5, 0.6) is 5.75 Å². The molecule has 0 spiro atoms. The van der Waals surface area contributed by atoms with Crippen LogP contribution in [-0.4, -0.2) is 13.4 Å². The van der Waals surface area contributed by atoms with Gasteiger partial charge in [-0.15, -0.1) is 5.98 Å². The van der Waals surface area contributed by atoms with Crippen molar-refractivity contribution in [2.45, 2.75) is 45.6 Å². The van der Waals surface area contributed by atoms with Gasteiger partial charge >= 0.3 is 0 Å². The Balaban J connectivity index is 2.10. The van der Waals surface area contributed by atoms with Gasteiger partial charge < -0.3 is 4.74 Å². The van der Waals surface area contributed by atoms with Gasteiger partial charge in [-0.05, 0) is 30.0 Å². The van der Waals surface area contributed by atoms with Crippen molar-refractivity contribution < 1.29 is 4.74 Å². The molecule has 1 heterocycles. The molecule has 1 nitrogen and oxygen atoms in total. The first kappa shape index (κ1) is 14.0. The van der Waals surface area contributed by atoms with Gasteiger partial charge in [0.2, 0.25) is 0 Å². The van der Waals surface area contributed by atoms with Crippen LogP contribution in [0, 0.1) is 0 Å². The monoisotopic (exact) mass is 254 g/mol. The number of rotatable bonds is 6. The largest absolute Gasteiger partial charge is 0.487 e. The zero-order valence-corrected chi connectivity index (χ0v) is 12.2. The van der Waals surface area contributed by atoms with Crippen molar-refractivity contribution in [1.29, 1.82) is 0 Å². The van der Waals surface area contributed by atoms with Crippen molar-refractivity contribution in [2.24, 2.45) is 0 Å². The number of ether oxygens (including phenoxy) is 1. The van der Waals surface area contributed by atoms with Gasteiger partial charge in [-0.3, -0.25) is 0 Å². The quantitative estimate of drug-likeness (QED) is 0.691. The lowest BCUT2D eigenvalue weighted by atomic mass is 9.69. The molecule has 0 saturated carbocycles. The fraction of sp³-hybridized carbons (Fsp3) is 0.412. The van der Waals surface area contributed by atoms with Crippen LogP contribution < -0.4 is 4.74 Å². The third kappa shape index (κ3) is 3.76. The molecule has 2 heteroatoms. The van der Waals surface area contributed by atoms with Crippen LogP contribution >= 0.6 is 0 Å². The summed E-state index contributed by atoms with van der Waals surface area (Å²) in [7, 11) is 1.04. The van der Waals surface area contributed by atoms with Crippen LogP contribution in [0.1, 0.15) is 45.1 Å². The standard InChI is InChI=1S/C17H23BO/c1-4-7-17(16-10-6-11-18-16)19-15-9-5-8-14(12-15)13(2)3/h5-6,8-13,17-18H,4,7H2,1-3H3. The Morgan fingerprint density at radius 1 is 1.26 bits per heavy atom. The van der Waals surface area contributed by atoms with Crippen LogP contribution in [-0.2, 0) is 0 Å². The highest BCUT2D eigenvalue weighted by Crippen LogP contribution is 2.24. The first-order chi connectivity index (χ1) is 9.20. The lowest BCUT2D eigenvalue weighted by Crippen LogP contribution is -2.21. The van der Waals surface area contributed by atoms with Gasteiger partial charge in [0.15, 0.2) is 7.28 Å². The molecular weight excluding hydrogens is 231 g/mol. The summed E-state index contributed by atoms with van der Waals surface area (Å²) in [5.41, 5.74) is 2.74. The number of hydrogen-bond acceptors (Lipinski definition) is 1. The highest BCUT2D eigenvalue weighted by Gasteiger charge is 2.17. The van der Waals surface area contributed by atoms with Gasteiger partial charge in [-0.25, -0.2) is 0 Å². The summed E-state index contributed by atoms with van der Waals surface area (Å²) in [6.45, 7) is 6.64. The SMILES string of the molecule is CCCC(Oc1cccc(C(C)C)c1)C1=CC=CB1.